The zero-order valence-corrected chi connectivity index (χ0v) is 11.0. The molecule has 1 aliphatic rings. The topological polar surface area (TPSA) is 25.8 Å². The van der Waals surface area contributed by atoms with Crippen LogP contribution in [-0.2, 0) is 6.18 Å². The lowest BCUT2D eigenvalue weighted by Gasteiger charge is -2.08. The smallest absolute Gasteiger partial charge is 0.233 e. The van der Waals surface area contributed by atoms with Gasteiger partial charge >= 0.3 is 6.18 Å². The Kier molecular flexibility index (Phi) is 3.17. The van der Waals surface area contributed by atoms with Crippen molar-refractivity contribution in [3.8, 4) is 11.4 Å². The fraction of sp³-hybridized carbons (Fsp3) is 0.286. The van der Waals surface area contributed by atoms with E-state index in [2.05, 4.69) is 9.97 Å². The molecular weight excluding hydrogens is 289 g/mol. The number of hydrogen-bond donors (Lipinski definition) is 0. The minimum Gasteiger partial charge on any atom is -0.233 e. The van der Waals surface area contributed by atoms with Crippen LogP contribution in [-0.4, -0.2) is 9.97 Å². The third kappa shape index (κ3) is 2.77. The van der Waals surface area contributed by atoms with Crippen LogP contribution in [0.25, 0.3) is 11.4 Å². The zero-order chi connectivity index (χ0) is 14.3. The van der Waals surface area contributed by atoms with Gasteiger partial charge in [0, 0.05) is 17.2 Å². The summed E-state index contributed by atoms with van der Waals surface area (Å²) in [6.45, 7) is 0. The average Bonchev–Trinajstić information content (AvgIpc) is 3.21. The molecule has 1 aromatic heterocycles. The monoisotopic (exact) mass is 298 g/mol. The minimum atomic E-state index is -4.34. The molecule has 2 aromatic rings. The molecule has 3 rings (SSSR count). The molecule has 1 saturated carbocycles. The van der Waals surface area contributed by atoms with Crippen molar-refractivity contribution in [2.45, 2.75) is 24.9 Å². The predicted molar refractivity (Wildman–Crippen MR) is 69.5 cm³/mol. The molecule has 20 heavy (non-hydrogen) atoms. The first-order chi connectivity index (χ1) is 9.43. The predicted octanol–water partition coefficient (Wildman–Crippen LogP) is 4.69. The van der Waals surface area contributed by atoms with Crippen molar-refractivity contribution in [3.05, 3.63) is 46.7 Å². The van der Waals surface area contributed by atoms with Gasteiger partial charge in [0.2, 0.25) is 0 Å². The van der Waals surface area contributed by atoms with Crippen LogP contribution in [0.3, 0.4) is 0 Å². The highest BCUT2D eigenvalue weighted by Crippen LogP contribution is 2.40. The van der Waals surface area contributed by atoms with Crippen LogP contribution in [0, 0.1) is 0 Å². The van der Waals surface area contributed by atoms with E-state index in [-0.39, 0.29) is 0 Å². The standard InChI is InChI=1S/C14H10ClF3N2/c15-12-7-11(8-1-2-8)19-13(20-12)9-3-5-10(6-4-9)14(16,17)18/h3-8H,1-2H2. The number of halogens is 4. The van der Waals surface area contributed by atoms with Crippen LogP contribution in [0.5, 0.6) is 0 Å². The van der Waals surface area contributed by atoms with Crippen LogP contribution in [0.4, 0.5) is 13.2 Å². The molecule has 1 aliphatic carbocycles. The second-order valence-electron chi connectivity index (χ2n) is 4.79. The number of hydrogen-bond acceptors (Lipinski definition) is 2. The summed E-state index contributed by atoms with van der Waals surface area (Å²) in [6.07, 6.45) is -2.20. The van der Waals surface area contributed by atoms with E-state index >= 15 is 0 Å². The van der Waals surface area contributed by atoms with E-state index in [1.807, 2.05) is 0 Å². The highest BCUT2D eigenvalue weighted by molar-refractivity contribution is 6.29. The van der Waals surface area contributed by atoms with Crippen molar-refractivity contribution in [3.63, 3.8) is 0 Å². The van der Waals surface area contributed by atoms with Crippen LogP contribution in [0.2, 0.25) is 5.15 Å². The Morgan fingerprint density at radius 3 is 2.25 bits per heavy atom. The molecule has 0 spiro atoms. The first-order valence-corrected chi connectivity index (χ1v) is 6.53. The normalized spacial score (nSPS) is 15.4. The van der Waals surface area contributed by atoms with Crippen molar-refractivity contribution in [2.24, 2.45) is 0 Å². The van der Waals surface area contributed by atoms with Crippen molar-refractivity contribution in [1.29, 1.82) is 0 Å². The number of aromatic nitrogens is 2. The second kappa shape index (κ2) is 4.74. The van der Waals surface area contributed by atoms with Crippen LogP contribution in [0.15, 0.2) is 30.3 Å². The Morgan fingerprint density at radius 1 is 1.05 bits per heavy atom. The summed E-state index contributed by atoms with van der Waals surface area (Å²) in [4.78, 5) is 8.46. The van der Waals surface area contributed by atoms with Crippen molar-refractivity contribution < 1.29 is 13.2 Å². The zero-order valence-electron chi connectivity index (χ0n) is 10.3. The van der Waals surface area contributed by atoms with Gasteiger partial charge in [-0.3, -0.25) is 0 Å². The van der Waals surface area contributed by atoms with Gasteiger partial charge in [0.1, 0.15) is 5.15 Å². The number of alkyl halides is 3. The maximum absolute atomic E-state index is 12.5. The molecule has 0 bridgehead atoms. The summed E-state index contributed by atoms with van der Waals surface area (Å²) in [5.74, 6) is 0.775. The molecule has 1 aromatic carbocycles. The van der Waals surface area contributed by atoms with Gasteiger partial charge in [-0.25, -0.2) is 9.97 Å². The summed E-state index contributed by atoms with van der Waals surface area (Å²) >= 11 is 5.94. The molecule has 104 valence electrons. The van der Waals surface area contributed by atoms with Crippen LogP contribution >= 0.6 is 11.6 Å². The van der Waals surface area contributed by atoms with Gasteiger partial charge < -0.3 is 0 Å². The van der Waals surface area contributed by atoms with Gasteiger partial charge in [0.25, 0.3) is 0 Å². The molecule has 6 heteroatoms. The number of rotatable bonds is 2. The fourth-order valence-corrected chi connectivity index (χ4v) is 2.15. The molecular formula is C14H10ClF3N2. The first kappa shape index (κ1) is 13.4. The molecule has 0 N–H and O–H groups in total. The van der Waals surface area contributed by atoms with Crippen molar-refractivity contribution >= 4 is 11.6 Å². The maximum atomic E-state index is 12.5. The second-order valence-corrected chi connectivity index (χ2v) is 5.18. The van der Waals surface area contributed by atoms with E-state index in [1.54, 1.807) is 6.07 Å². The van der Waals surface area contributed by atoms with E-state index in [9.17, 15) is 13.2 Å². The van der Waals surface area contributed by atoms with Gasteiger partial charge in [0.15, 0.2) is 5.82 Å². The van der Waals surface area contributed by atoms with Gasteiger partial charge in [-0.05, 0) is 31.0 Å². The molecule has 0 unspecified atom stereocenters. The Hall–Kier alpha value is -1.62. The molecule has 1 fully saturated rings. The Bertz CT molecular complexity index is 634. The lowest BCUT2D eigenvalue weighted by molar-refractivity contribution is -0.137. The molecule has 0 radical (unpaired) electrons. The Balaban J connectivity index is 1.96. The van der Waals surface area contributed by atoms with Gasteiger partial charge in [-0.2, -0.15) is 13.2 Å². The Labute approximate surface area is 118 Å². The third-order valence-corrected chi connectivity index (χ3v) is 3.37. The van der Waals surface area contributed by atoms with Gasteiger partial charge in [-0.1, -0.05) is 23.7 Å². The summed E-state index contributed by atoms with van der Waals surface area (Å²) in [6, 6.07) is 6.50. The molecule has 0 amide bonds. The van der Waals surface area contributed by atoms with E-state index in [1.165, 1.54) is 12.1 Å². The van der Waals surface area contributed by atoms with Crippen LogP contribution < -0.4 is 0 Å². The van der Waals surface area contributed by atoms with E-state index in [0.29, 0.717) is 22.5 Å². The summed E-state index contributed by atoms with van der Waals surface area (Å²) < 4.78 is 37.5. The van der Waals surface area contributed by atoms with Crippen LogP contribution in [0.1, 0.15) is 30.0 Å². The quantitative estimate of drug-likeness (QED) is 0.751. The summed E-state index contributed by atoms with van der Waals surface area (Å²) in [5.41, 5.74) is 0.702. The highest BCUT2D eigenvalue weighted by atomic mass is 35.5. The minimum absolute atomic E-state index is 0.316. The highest BCUT2D eigenvalue weighted by Gasteiger charge is 2.30. The third-order valence-electron chi connectivity index (χ3n) is 3.18. The lowest BCUT2D eigenvalue weighted by atomic mass is 10.1. The SMILES string of the molecule is FC(F)(F)c1ccc(-c2nc(Cl)cc(C3CC3)n2)cc1. The average molecular weight is 299 g/mol. The lowest BCUT2D eigenvalue weighted by Crippen LogP contribution is -2.04. The van der Waals surface area contributed by atoms with E-state index in [0.717, 1.165) is 30.7 Å². The largest absolute Gasteiger partial charge is 0.416 e. The molecule has 0 aliphatic heterocycles. The van der Waals surface area contributed by atoms with E-state index < -0.39 is 11.7 Å². The summed E-state index contributed by atoms with van der Waals surface area (Å²) in [7, 11) is 0. The van der Waals surface area contributed by atoms with Crippen molar-refractivity contribution in [2.75, 3.05) is 0 Å². The van der Waals surface area contributed by atoms with Gasteiger partial charge in [0.05, 0.1) is 5.56 Å². The van der Waals surface area contributed by atoms with Crippen molar-refractivity contribution in [1.82, 2.24) is 9.97 Å². The van der Waals surface area contributed by atoms with Gasteiger partial charge in [-0.15, -0.1) is 0 Å². The van der Waals surface area contributed by atoms with E-state index in [4.69, 9.17) is 11.6 Å². The molecule has 0 saturated heterocycles. The number of nitrogens with zero attached hydrogens (tertiary/aromatic N) is 2. The molecule has 1 heterocycles. The Morgan fingerprint density at radius 2 is 1.70 bits per heavy atom. The first-order valence-electron chi connectivity index (χ1n) is 6.15. The molecule has 2 nitrogen and oxygen atoms in total. The fourth-order valence-electron chi connectivity index (χ4n) is 1.96. The molecule has 0 atom stereocenters. The summed E-state index contributed by atoms with van der Waals surface area (Å²) in [5, 5.41) is 0.316. The number of benzene rings is 1. The maximum Gasteiger partial charge on any atom is 0.416 e.